The molecule has 0 bridgehead atoms. The van der Waals surface area contributed by atoms with Crippen LogP contribution in [-0.4, -0.2) is 51.9 Å². The topological polar surface area (TPSA) is 111 Å². The molecule has 8 nitrogen and oxygen atoms in total. The number of nitrogens with one attached hydrogen (secondary N) is 2. The van der Waals surface area contributed by atoms with Gasteiger partial charge in [-0.05, 0) is 12.1 Å². The van der Waals surface area contributed by atoms with Gasteiger partial charge in [-0.15, -0.1) is 0 Å². The highest BCUT2D eigenvalue weighted by Crippen LogP contribution is 2.32. The van der Waals surface area contributed by atoms with Crippen LogP contribution in [0.25, 0.3) is 0 Å². The number of para-hydroxylation sites is 1. The largest absolute Gasteiger partial charge is 0.378 e. The van der Waals surface area contributed by atoms with E-state index in [4.69, 9.17) is 4.74 Å². The Morgan fingerprint density at radius 3 is 2.71 bits per heavy atom. The molecular weight excluding hydrogens is 298 g/mol. The van der Waals surface area contributed by atoms with Crippen molar-refractivity contribution in [1.82, 2.24) is 5.32 Å². The van der Waals surface area contributed by atoms with Crippen LogP contribution in [0, 0.1) is 10.1 Å². The molecule has 9 heteroatoms. The highest BCUT2D eigenvalue weighted by Gasteiger charge is 2.31. The van der Waals surface area contributed by atoms with Crippen molar-refractivity contribution in [2.24, 2.45) is 0 Å². The summed E-state index contributed by atoms with van der Waals surface area (Å²) in [6.45, 7) is 1.21. The summed E-state index contributed by atoms with van der Waals surface area (Å²) >= 11 is 0. The Morgan fingerprint density at radius 2 is 2.14 bits per heavy atom. The Hall–Kier alpha value is -1.71. The molecule has 2 atom stereocenters. The predicted octanol–water partition coefficient (Wildman–Crippen LogP) is 0.397. The number of sulfone groups is 1. The first-order valence-electron chi connectivity index (χ1n) is 6.32. The minimum Gasteiger partial charge on any atom is -0.378 e. The molecule has 1 aromatic rings. The first kappa shape index (κ1) is 15.7. The van der Waals surface area contributed by atoms with Crippen LogP contribution < -0.4 is 10.6 Å². The molecule has 0 amide bonds. The smallest absolute Gasteiger partial charge is 0.310 e. The lowest BCUT2D eigenvalue weighted by Gasteiger charge is -2.20. The fourth-order valence-electron chi connectivity index (χ4n) is 2.37. The normalized spacial score (nSPS) is 22.2. The zero-order valence-electron chi connectivity index (χ0n) is 11.7. The molecule has 0 aromatic heterocycles. The summed E-state index contributed by atoms with van der Waals surface area (Å²) in [6.07, 6.45) is 0.820. The van der Waals surface area contributed by atoms with E-state index >= 15 is 0 Å². The first-order chi connectivity index (χ1) is 9.84. The van der Waals surface area contributed by atoms with Crippen molar-refractivity contribution in [3.05, 3.63) is 28.3 Å². The molecule has 116 valence electrons. The van der Waals surface area contributed by atoms with E-state index in [-0.39, 0.29) is 22.7 Å². The minimum atomic E-state index is -3.68. The molecule has 1 heterocycles. The summed E-state index contributed by atoms with van der Waals surface area (Å²) in [4.78, 5) is 10.3. The van der Waals surface area contributed by atoms with E-state index in [9.17, 15) is 18.5 Å². The van der Waals surface area contributed by atoms with E-state index in [1.807, 2.05) is 0 Å². The summed E-state index contributed by atoms with van der Waals surface area (Å²) in [5.74, 6) is 0. The number of nitro groups is 1. The van der Waals surface area contributed by atoms with Crippen molar-refractivity contribution in [3.8, 4) is 0 Å². The maximum absolute atomic E-state index is 11.7. The maximum Gasteiger partial charge on any atom is 0.310 e. The molecule has 0 saturated carbocycles. The van der Waals surface area contributed by atoms with Crippen LogP contribution in [0.1, 0.15) is 0 Å². The van der Waals surface area contributed by atoms with Crippen LogP contribution in [0.3, 0.4) is 0 Å². The van der Waals surface area contributed by atoms with Gasteiger partial charge in [0.05, 0.1) is 17.1 Å². The second-order valence-electron chi connectivity index (χ2n) is 4.86. The summed E-state index contributed by atoms with van der Waals surface area (Å²) in [5.41, 5.74) is -0.250. The molecule has 1 unspecified atom stereocenters. The monoisotopic (exact) mass is 315 g/mol. The Kier molecular flexibility index (Phi) is 4.45. The zero-order chi connectivity index (χ0) is 15.6. The van der Waals surface area contributed by atoms with E-state index in [1.165, 1.54) is 18.2 Å². The van der Waals surface area contributed by atoms with E-state index in [2.05, 4.69) is 10.6 Å². The quantitative estimate of drug-likeness (QED) is 0.597. The molecular formula is C12H17N3O5S. The average Bonchev–Trinajstić information content (AvgIpc) is 2.84. The van der Waals surface area contributed by atoms with Crippen LogP contribution in [0.2, 0.25) is 0 Å². The Bertz CT molecular complexity index is 646. The third kappa shape index (κ3) is 3.31. The van der Waals surface area contributed by atoms with Crippen LogP contribution in [0.4, 0.5) is 11.4 Å². The van der Waals surface area contributed by atoms with E-state index < -0.39 is 20.4 Å². The van der Waals surface area contributed by atoms with Gasteiger partial charge in [-0.1, -0.05) is 6.07 Å². The fraction of sp³-hybridized carbons (Fsp3) is 0.500. The second kappa shape index (κ2) is 5.96. The number of anilines is 1. The summed E-state index contributed by atoms with van der Waals surface area (Å²) in [7, 11) is -2.12. The van der Waals surface area contributed by atoms with Crippen molar-refractivity contribution >= 4 is 21.2 Å². The van der Waals surface area contributed by atoms with E-state index in [1.54, 1.807) is 7.11 Å². The van der Waals surface area contributed by atoms with Crippen molar-refractivity contribution in [2.75, 3.05) is 31.8 Å². The van der Waals surface area contributed by atoms with Gasteiger partial charge >= 0.3 is 5.69 Å². The number of rotatable bonds is 5. The highest BCUT2D eigenvalue weighted by atomic mass is 32.2. The molecule has 0 aliphatic carbocycles. The van der Waals surface area contributed by atoms with Crippen LogP contribution in [-0.2, 0) is 14.6 Å². The minimum absolute atomic E-state index is 0.133. The van der Waals surface area contributed by atoms with Crippen molar-refractivity contribution in [1.29, 1.82) is 0 Å². The number of hydrogen-bond donors (Lipinski definition) is 2. The van der Waals surface area contributed by atoms with Gasteiger partial charge in [0.15, 0.2) is 9.84 Å². The SMILES string of the molecule is CO[C@H]1CNCC1Nc1cccc(S(C)(=O)=O)c1[N+](=O)[O-]. The van der Waals surface area contributed by atoms with E-state index in [0.717, 1.165) is 6.26 Å². The predicted molar refractivity (Wildman–Crippen MR) is 77.3 cm³/mol. The molecule has 1 aliphatic heterocycles. The van der Waals surface area contributed by atoms with Crippen LogP contribution in [0.15, 0.2) is 23.1 Å². The van der Waals surface area contributed by atoms with Gasteiger partial charge in [-0.25, -0.2) is 8.42 Å². The number of ether oxygens (including phenoxy) is 1. The molecule has 0 spiro atoms. The lowest BCUT2D eigenvalue weighted by atomic mass is 10.2. The number of hydrogen-bond acceptors (Lipinski definition) is 7. The third-order valence-electron chi connectivity index (χ3n) is 3.38. The Balaban J connectivity index is 2.42. The van der Waals surface area contributed by atoms with Gasteiger partial charge < -0.3 is 15.4 Å². The highest BCUT2D eigenvalue weighted by molar-refractivity contribution is 7.90. The fourth-order valence-corrected chi connectivity index (χ4v) is 3.23. The molecule has 1 saturated heterocycles. The van der Waals surface area contributed by atoms with Crippen LogP contribution >= 0.6 is 0 Å². The van der Waals surface area contributed by atoms with Gasteiger partial charge in [-0.3, -0.25) is 10.1 Å². The number of benzene rings is 1. The van der Waals surface area contributed by atoms with Crippen molar-refractivity contribution in [3.63, 3.8) is 0 Å². The first-order valence-corrected chi connectivity index (χ1v) is 8.21. The van der Waals surface area contributed by atoms with Gasteiger partial charge in [0.1, 0.15) is 10.6 Å². The molecule has 1 aliphatic rings. The third-order valence-corrected chi connectivity index (χ3v) is 4.51. The molecule has 21 heavy (non-hydrogen) atoms. The maximum atomic E-state index is 11.7. The molecule has 2 rings (SSSR count). The Labute approximate surface area is 122 Å². The lowest BCUT2D eigenvalue weighted by Crippen LogP contribution is -2.33. The zero-order valence-corrected chi connectivity index (χ0v) is 12.5. The standard InChI is InChI=1S/C12H17N3O5S/c1-20-10-7-13-6-9(10)14-8-4-3-5-11(21(2,18)19)12(8)15(16)17/h3-5,9-10,13-14H,6-7H2,1-2H3/t9?,10-/m0/s1. The molecule has 1 fully saturated rings. The molecule has 0 radical (unpaired) electrons. The average molecular weight is 315 g/mol. The van der Waals surface area contributed by atoms with Gasteiger partial charge in [0.2, 0.25) is 0 Å². The summed E-state index contributed by atoms with van der Waals surface area (Å²) in [5, 5.41) is 17.4. The summed E-state index contributed by atoms with van der Waals surface area (Å²) < 4.78 is 28.7. The van der Waals surface area contributed by atoms with Crippen LogP contribution in [0.5, 0.6) is 0 Å². The van der Waals surface area contributed by atoms with Gasteiger partial charge in [-0.2, -0.15) is 0 Å². The van der Waals surface area contributed by atoms with Gasteiger partial charge in [0, 0.05) is 26.5 Å². The summed E-state index contributed by atoms with van der Waals surface area (Å²) in [6, 6.07) is 4.05. The number of methoxy groups -OCH3 is 1. The number of nitrogens with zero attached hydrogens (tertiary/aromatic N) is 1. The number of nitro benzene ring substituents is 1. The van der Waals surface area contributed by atoms with Crippen molar-refractivity contribution < 1.29 is 18.1 Å². The molecule has 1 aromatic carbocycles. The lowest BCUT2D eigenvalue weighted by molar-refractivity contribution is -0.386. The van der Waals surface area contributed by atoms with Crippen molar-refractivity contribution in [2.45, 2.75) is 17.0 Å². The van der Waals surface area contributed by atoms with Gasteiger partial charge in [0.25, 0.3) is 0 Å². The second-order valence-corrected chi connectivity index (χ2v) is 6.85. The molecule has 2 N–H and O–H groups in total. The Morgan fingerprint density at radius 1 is 1.43 bits per heavy atom. The van der Waals surface area contributed by atoms with E-state index in [0.29, 0.717) is 13.1 Å².